The van der Waals surface area contributed by atoms with Crippen molar-refractivity contribution in [1.29, 1.82) is 0 Å². The molecule has 0 unspecified atom stereocenters. The van der Waals surface area contributed by atoms with Crippen molar-refractivity contribution in [2.24, 2.45) is 0 Å². The first-order chi connectivity index (χ1) is 10.3. The second kappa shape index (κ2) is 6.92. The zero-order chi connectivity index (χ0) is 14.5. The first-order valence-electron chi connectivity index (χ1n) is 7.43. The molecular weight excluding hydrogens is 260 g/mol. The molecule has 5 heteroatoms. The van der Waals surface area contributed by atoms with Gasteiger partial charge >= 0.3 is 126 Å². The molecule has 1 aromatic heterocycles. The molecule has 0 saturated carbocycles. The van der Waals surface area contributed by atoms with Crippen molar-refractivity contribution < 1.29 is 9.31 Å². The van der Waals surface area contributed by atoms with Crippen LogP contribution in [0.1, 0.15) is 5.56 Å². The molecule has 1 fully saturated rings. The molecule has 1 saturated heterocycles. The van der Waals surface area contributed by atoms with Crippen molar-refractivity contribution in [2.75, 3.05) is 31.2 Å². The van der Waals surface area contributed by atoms with Crippen LogP contribution in [0.15, 0.2) is 48.4 Å². The second-order valence-electron chi connectivity index (χ2n) is 5.31. The molecule has 3 rings (SSSR count). The van der Waals surface area contributed by atoms with Crippen LogP contribution in [0.3, 0.4) is 0 Å². The van der Waals surface area contributed by atoms with E-state index in [4.69, 9.17) is 9.31 Å². The van der Waals surface area contributed by atoms with Gasteiger partial charge < -0.3 is 0 Å². The normalized spacial score (nSPS) is 16.2. The molecule has 0 amide bonds. The first-order valence-corrected chi connectivity index (χ1v) is 7.43. The molecule has 0 atom stereocenters. The van der Waals surface area contributed by atoms with E-state index >= 15 is 0 Å². The predicted octanol–water partition coefficient (Wildman–Crippen LogP) is 1.58. The van der Waals surface area contributed by atoms with Crippen molar-refractivity contribution in [3.05, 3.63) is 54.0 Å². The van der Waals surface area contributed by atoms with E-state index in [0.717, 1.165) is 18.4 Å². The number of rotatable bonds is 2. The number of para-hydroxylation sites is 1. The summed E-state index contributed by atoms with van der Waals surface area (Å²) >= 11 is 0. The van der Waals surface area contributed by atoms with E-state index < -0.39 is 0 Å². The van der Waals surface area contributed by atoms with Crippen molar-refractivity contribution in [2.45, 2.75) is 6.92 Å². The Morgan fingerprint density at radius 3 is 2.33 bits per heavy atom. The van der Waals surface area contributed by atoms with Crippen molar-refractivity contribution >= 4 is 25.1 Å². The molecule has 2 heterocycles. The number of benzene rings is 1. The van der Waals surface area contributed by atoms with Gasteiger partial charge in [0.05, 0.1) is 0 Å². The van der Waals surface area contributed by atoms with Crippen LogP contribution in [0, 0.1) is 6.92 Å². The number of hydrogen-bond donors (Lipinski definition) is 0. The third-order valence-corrected chi connectivity index (χ3v) is 3.73. The molecule has 0 bridgehead atoms. The molecule has 0 aliphatic carbocycles. The van der Waals surface area contributed by atoms with Gasteiger partial charge in [0.15, 0.2) is 0 Å². The maximum atomic E-state index is 5.90. The average Bonchev–Trinajstić information content (AvgIpc) is 2.49. The predicted molar refractivity (Wildman–Crippen MR) is 88.5 cm³/mol. The Morgan fingerprint density at radius 2 is 1.71 bits per heavy atom. The molecule has 2 aromatic rings. The number of aryl methyl sites for hydroxylation is 1. The summed E-state index contributed by atoms with van der Waals surface area (Å²) in [6, 6.07) is 14.6. The molecular formula is C16H19B2NO2. The van der Waals surface area contributed by atoms with Crippen LogP contribution < -0.4 is 10.3 Å². The Labute approximate surface area is 127 Å². The van der Waals surface area contributed by atoms with Gasteiger partial charge in [0.25, 0.3) is 0 Å². The maximum absolute atomic E-state index is 5.90. The topological polar surface area (TPSA) is 21.7 Å². The number of hydrogen-bond acceptors (Lipinski definition) is 3. The zero-order valence-electron chi connectivity index (χ0n) is 12.4. The van der Waals surface area contributed by atoms with Crippen LogP contribution in [0.2, 0.25) is 0 Å². The van der Waals surface area contributed by atoms with E-state index in [1.807, 2.05) is 6.07 Å². The van der Waals surface area contributed by atoms with E-state index in [2.05, 4.69) is 61.1 Å². The van der Waals surface area contributed by atoms with Gasteiger partial charge in [-0.05, 0) is 0 Å². The molecule has 0 N–H and O–H groups in total. The minimum absolute atomic E-state index is 0.247. The monoisotopic (exact) mass is 279 g/mol. The van der Waals surface area contributed by atoms with Crippen LogP contribution in [-0.4, -0.2) is 40.3 Å². The van der Waals surface area contributed by atoms with Gasteiger partial charge in [-0.25, -0.2) is 0 Å². The minimum atomic E-state index is -0.247. The summed E-state index contributed by atoms with van der Waals surface area (Å²) in [7, 11) is -0.247. The summed E-state index contributed by atoms with van der Waals surface area (Å²) in [5.41, 5.74) is 2.47. The molecule has 0 spiro atoms. The zero-order valence-corrected chi connectivity index (χ0v) is 12.4. The SMILES string of the molecule is Cc1cbc(B2OCCN(c3ccccc3)CCO2)cc1. The fraction of sp³-hybridized carbons (Fsp3) is 0.312. The van der Waals surface area contributed by atoms with Gasteiger partial charge in [0.1, 0.15) is 0 Å². The Kier molecular flexibility index (Phi) is 4.73. The Balaban J connectivity index is 1.62. The standard InChI is InChI=1S/C16H19B2NO2/c1-14-7-8-16(17-13-14)18-20-11-9-19(10-12-21-18)15-5-3-2-4-6-15/h2-8,13H,9-12H2,1H3. The van der Waals surface area contributed by atoms with E-state index in [9.17, 15) is 0 Å². The van der Waals surface area contributed by atoms with Gasteiger partial charge in [-0.1, -0.05) is 0 Å². The van der Waals surface area contributed by atoms with Crippen LogP contribution >= 0.6 is 0 Å². The summed E-state index contributed by atoms with van der Waals surface area (Å²) in [6.07, 6.45) is 0. The molecule has 3 nitrogen and oxygen atoms in total. The Hall–Kier alpha value is -1.58. The number of nitrogens with zero attached hydrogens (tertiary/aromatic N) is 1. The van der Waals surface area contributed by atoms with E-state index in [1.54, 1.807) is 0 Å². The molecule has 0 radical (unpaired) electrons. The fourth-order valence-electron chi connectivity index (χ4n) is 2.51. The van der Waals surface area contributed by atoms with Crippen LogP contribution in [0.5, 0.6) is 0 Å². The van der Waals surface area contributed by atoms with Gasteiger partial charge in [-0.3, -0.25) is 0 Å². The summed E-state index contributed by atoms with van der Waals surface area (Å²) in [5, 5.41) is 1.09. The van der Waals surface area contributed by atoms with Gasteiger partial charge in [-0.2, -0.15) is 0 Å². The summed E-state index contributed by atoms with van der Waals surface area (Å²) < 4.78 is 11.8. The molecule has 1 aliphatic heterocycles. The molecule has 1 aliphatic rings. The van der Waals surface area contributed by atoms with E-state index in [-0.39, 0.29) is 7.12 Å². The first kappa shape index (κ1) is 14.4. The van der Waals surface area contributed by atoms with Gasteiger partial charge in [-0.15, -0.1) is 0 Å². The third-order valence-electron chi connectivity index (χ3n) is 3.73. The van der Waals surface area contributed by atoms with Gasteiger partial charge in [0, 0.05) is 0 Å². The number of anilines is 1. The van der Waals surface area contributed by atoms with E-state index in [0.29, 0.717) is 13.2 Å². The van der Waals surface area contributed by atoms with Crippen LogP contribution in [0.4, 0.5) is 5.69 Å². The van der Waals surface area contributed by atoms with Crippen LogP contribution in [-0.2, 0) is 9.31 Å². The van der Waals surface area contributed by atoms with Crippen molar-refractivity contribution in [3.8, 4) is 0 Å². The quantitative estimate of drug-likeness (QED) is 0.779. The van der Waals surface area contributed by atoms with Crippen molar-refractivity contribution in [1.82, 2.24) is 0 Å². The fourth-order valence-corrected chi connectivity index (χ4v) is 2.51. The summed E-state index contributed by atoms with van der Waals surface area (Å²) in [5.74, 6) is 2.09. The third kappa shape index (κ3) is 3.74. The van der Waals surface area contributed by atoms with Gasteiger partial charge in [0.2, 0.25) is 0 Å². The van der Waals surface area contributed by atoms with Crippen molar-refractivity contribution in [3.63, 3.8) is 0 Å². The Morgan fingerprint density at radius 1 is 1.00 bits per heavy atom. The summed E-state index contributed by atoms with van der Waals surface area (Å²) in [4.78, 5) is 2.30. The Bertz CT molecular complexity index is 552. The summed E-state index contributed by atoms with van der Waals surface area (Å²) in [6.45, 7) is 7.25. The average molecular weight is 279 g/mol. The second-order valence-corrected chi connectivity index (χ2v) is 5.31. The van der Waals surface area contributed by atoms with E-state index in [1.165, 1.54) is 11.3 Å². The molecule has 21 heavy (non-hydrogen) atoms. The molecule has 1 aromatic carbocycles. The van der Waals surface area contributed by atoms with Crippen LogP contribution in [0.25, 0.3) is 0 Å². The molecule has 106 valence electrons.